The lowest BCUT2D eigenvalue weighted by atomic mass is 10.0. The second kappa shape index (κ2) is 5.74. The predicted molar refractivity (Wildman–Crippen MR) is 72.0 cm³/mol. The number of hydrogen-bond donors (Lipinski definition) is 1. The molecule has 0 amide bonds. The van der Waals surface area contributed by atoms with Crippen LogP contribution in [0.5, 0.6) is 5.75 Å². The van der Waals surface area contributed by atoms with Gasteiger partial charge < -0.3 is 15.0 Å². The Labute approximate surface area is 108 Å². The van der Waals surface area contributed by atoms with Gasteiger partial charge in [-0.05, 0) is 32.0 Å². The molecule has 0 radical (unpaired) electrons. The van der Waals surface area contributed by atoms with Crippen LogP contribution in [0.3, 0.4) is 0 Å². The van der Waals surface area contributed by atoms with Crippen LogP contribution in [0.2, 0.25) is 0 Å². The summed E-state index contributed by atoms with van der Waals surface area (Å²) in [6, 6.07) is 8.38. The fourth-order valence-corrected chi connectivity index (χ4v) is 2.43. The fraction of sp³-hybridized carbons (Fsp3) is 0.500. The Balaban J connectivity index is 2.28. The van der Waals surface area contributed by atoms with Gasteiger partial charge in [-0.3, -0.25) is 0 Å². The number of anilines is 1. The highest BCUT2D eigenvalue weighted by molar-refractivity contribution is 5.62. The van der Waals surface area contributed by atoms with Crippen molar-refractivity contribution in [3.05, 3.63) is 23.8 Å². The number of nitriles is 1. The second-order valence-corrected chi connectivity index (χ2v) is 4.57. The van der Waals surface area contributed by atoms with Crippen LogP contribution in [-0.4, -0.2) is 33.3 Å². The van der Waals surface area contributed by atoms with E-state index in [1.807, 2.05) is 25.2 Å². The molecule has 0 aromatic heterocycles. The molecule has 1 unspecified atom stereocenters. The van der Waals surface area contributed by atoms with Gasteiger partial charge in [0.15, 0.2) is 0 Å². The van der Waals surface area contributed by atoms with Crippen LogP contribution in [0.15, 0.2) is 18.2 Å². The predicted octanol–water partition coefficient (Wildman–Crippen LogP) is 1.76. The first-order valence-corrected chi connectivity index (χ1v) is 6.29. The van der Waals surface area contributed by atoms with Gasteiger partial charge in [-0.15, -0.1) is 0 Å². The van der Waals surface area contributed by atoms with E-state index in [0.29, 0.717) is 11.6 Å². The van der Waals surface area contributed by atoms with Crippen molar-refractivity contribution in [2.45, 2.75) is 18.9 Å². The summed E-state index contributed by atoms with van der Waals surface area (Å²) in [7, 11) is 3.64. The Hall–Kier alpha value is -1.73. The molecule has 0 bridgehead atoms. The Morgan fingerprint density at radius 2 is 2.33 bits per heavy atom. The van der Waals surface area contributed by atoms with Crippen molar-refractivity contribution in [3.8, 4) is 11.8 Å². The molecule has 18 heavy (non-hydrogen) atoms. The normalized spacial score (nSPS) is 19.4. The van der Waals surface area contributed by atoms with Gasteiger partial charge in [0, 0.05) is 25.2 Å². The Bertz CT molecular complexity index is 453. The summed E-state index contributed by atoms with van der Waals surface area (Å²) < 4.78 is 5.25. The summed E-state index contributed by atoms with van der Waals surface area (Å²) in [5, 5.41) is 12.5. The maximum Gasteiger partial charge on any atom is 0.121 e. The van der Waals surface area contributed by atoms with Crippen LogP contribution >= 0.6 is 0 Å². The smallest absolute Gasteiger partial charge is 0.121 e. The van der Waals surface area contributed by atoms with Crippen molar-refractivity contribution < 1.29 is 4.74 Å². The van der Waals surface area contributed by atoms with E-state index in [1.54, 1.807) is 7.11 Å². The number of nitrogens with one attached hydrogen (secondary N) is 1. The molecule has 1 heterocycles. The number of nitrogens with zero attached hydrogens (tertiary/aromatic N) is 2. The van der Waals surface area contributed by atoms with Crippen LogP contribution in [0.1, 0.15) is 18.4 Å². The highest BCUT2D eigenvalue weighted by Gasteiger charge is 2.21. The standard InChI is InChI=1S/C14H19N3O/c1-16-12-4-3-7-17(10-12)14-8-13(18-2)6-5-11(14)9-15/h5-6,8,12,16H,3-4,7,10H2,1-2H3. The van der Waals surface area contributed by atoms with Gasteiger partial charge in [0.25, 0.3) is 0 Å². The van der Waals surface area contributed by atoms with E-state index < -0.39 is 0 Å². The number of methoxy groups -OCH3 is 1. The van der Waals surface area contributed by atoms with E-state index >= 15 is 0 Å². The van der Waals surface area contributed by atoms with Gasteiger partial charge in [0.2, 0.25) is 0 Å². The zero-order valence-corrected chi connectivity index (χ0v) is 10.9. The lowest BCUT2D eigenvalue weighted by Gasteiger charge is -2.34. The molecule has 1 aliphatic rings. The van der Waals surface area contributed by atoms with Gasteiger partial charge in [0.05, 0.1) is 18.4 Å². The third kappa shape index (κ3) is 2.57. The Morgan fingerprint density at radius 3 is 3.00 bits per heavy atom. The van der Waals surface area contributed by atoms with Crippen molar-refractivity contribution >= 4 is 5.69 Å². The van der Waals surface area contributed by atoms with Crippen molar-refractivity contribution in [2.24, 2.45) is 0 Å². The lowest BCUT2D eigenvalue weighted by molar-refractivity contribution is 0.413. The molecule has 1 aromatic rings. The third-order valence-electron chi connectivity index (χ3n) is 3.50. The van der Waals surface area contributed by atoms with Gasteiger partial charge in [0.1, 0.15) is 11.8 Å². The van der Waals surface area contributed by atoms with Gasteiger partial charge in [-0.25, -0.2) is 0 Å². The summed E-state index contributed by atoms with van der Waals surface area (Å²) in [6.45, 7) is 1.94. The molecular formula is C14H19N3O. The number of rotatable bonds is 3. The third-order valence-corrected chi connectivity index (χ3v) is 3.50. The average Bonchev–Trinajstić information content (AvgIpc) is 2.46. The van der Waals surface area contributed by atoms with Crippen LogP contribution < -0.4 is 15.0 Å². The maximum atomic E-state index is 9.20. The molecule has 4 nitrogen and oxygen atoms in total. The molecule has 2 rings (SSSR count). The summed E-state index contributed by atoms with van der Waals surface area (Å²) in [5.41, 5.74) is 1.70. The maximum absolute atomic E-state index is 9.20. The van der Waals surface area contributed by atoms with Gasteiger partial charge >= 0.3 is 0 Å². The minimum absolute atomic E-state index is 0.497. The first kappa shape index (κ1) is 12.7. The van der Waals surface area contributed by atoms with E-state index in [2.05, 4.69) is 16.3 Å². The number of likely N-dealkylation sites (N-methyl/N-ethyl adjacent to an activating group) is 1. The Kier molecular flexibility index (Phi) is 4.06. The van der Waals surface area contributed by atoms with Gasteiger partial charge in [-0.1, -0.05) is 0 Å². The lowest BCUT2D eigenvalue weighted by Crippen LogP contribution is -2.44. The summed E-state index contributed by atoms with van der Waals surface area (Å²) in [5.74, 6) is 0.801. The van der Waals surface area contributed by atoms with E-state index in [-0.39, 0.29) is 0 Å². The molecule has 96 valence electrons. The molecule has 1 fully saturated rings. The zero-order valence-electron chi connectivity index (χ0n) is 10.9. The van der Waals surface area contributed by atoms with Crippen molar-refractivity contribution in [3.63, 3.8) is 0 Å². The van der Waals surface area contributed by atoms with Crippen LogP contribution in [0.25, 0.3) is 0 Å². The number of hydrogen-bond acceptors (Lipinski definition) is 4. The summed E-state index contributed by atoms with van der Waals surface area (Å²) >= 11 is 0. The molecule has 1 aliphatic heterocycles. The highest BCUT2D eigenvalue weighted by atomic mass is 16.5. The fourth-order valence-electron chi connectivity index (χ4n) is 2.43. The minimum atomic E-state index is 0.497. The van der Waals surface area contributed by atoms with Crippen LogP contribution in [0, 0.1) is 11.3 Å². The van der Waals surface area contributed by atoms with Crippen molar-refractivity contribution in [2.75, 3.05) is 32.1 Å². The van der Waals surface area contributed by atoms with Gasteiger partial charge in [-0.2, -0.15) is 5.26 Å². The number of benzene rings is 1. The first-order valence-electron chi connectivity index (χ1n) is 6.29. The molecule has 1 N–H and O–H groups in total. The molecule has 1 aromatic carbocycles. The van der Waals surface area contributed by atoms with Crippen molar-refractivity contribution in [1.29, 1.82) is 5.26 Å². The largest absolute Gasteiger partial charge is 0.497 e. The topological polar surface area (TPSA) is 48.3 Å². The molecule has 0 saturated carbocycles. The second-order valence-electron chi connectivity index (χ2n) is 4.57. The Morgan fingerprint density at radius 1 is 1.50 bits per heavy atom. The van der Waals surface area contributed by atoms with E-state index in [4.69, 9.17) is 4.74 Å². The average molecular weight is 245 g/mol. The van der Waals surface area contributed by atoms with Crippen LogP contribution in [-0.2, 0) is 0 Å². The molecular weight excluding hydrogens is 226 g/mol. The monoisotopic (exact) mass is 245 g/mol. The quantitative estimate of drug-likeness (QED) is 0.881. The number of piperidine rings is 1. The SMILES string of the molecule is CNC1CCCN(c2cc(OC)ccc2C#N)C1. The molecule has 4 heteroatoms. The summed E-state index contributed by atoms with van der Waals surface area (Å²) in [4.78, 5) is 2.27. The first-order chi connectivity index (χ1) is 8.78. The van der Waals surface area contributed by atoms with Crippen molar-refractivity contribution in [1.82, 2.24) is 5.32 Å². The van der Waals surface area contributed by atoms with E-state index in [9.17, 15) is 5.26 Å². The summed E-state index contributed by atoms with van der Waals surface area (Å²) in [6.07, 6.45) is 2.34. The zero-order chi connectivity index (χ0) is 13.0. The molecule has 1 saturated heterocycles. The molecule has 0 aliphatic carbocycles. The number of ether oxygens (including phenoxy) is 1. The van der Waals surface area contributed by atoms with E-state index in [1.165, 1.54) is 6.42 Å². The highest BCUT2D eigenvalue weighted by Crippen LogP contribution is 2.28. The minimum Gasteiger partial charge on any atom is -0.497 e. The van der Waals surface area contributed by atoms with Crippen LogP contribution in [0.4, 0.5) is 5.69 Å². The molecule has 0 spiro atoms. The van der Waals surface area contributed by atoms with E-state index in [0.717, 1.165) is 30.9 Å². The molecule has 1 atom stereocenters.